The monoisotopic (exact) mass is 375 g/mol. The predicted molar refractivity (Wildman–Crippen MR) is 101 cm³/mol. The smallest absolute Gasteiger partial charge is 0.179 e. The number of sulfone groups is 1. The van der Waals surface area contributed by atoms with Gasteiger partial charge in [-0.15, -0.1) is 0 Å². The van der Waals surface area contributed by atoms with Gasteiger partial charge < -0.3 is 9.47 Å². The van der Waals surface area contributed by atoms with E-state index >= 15 is 0 Å². The molecule has 0 N–H and O–H groups in total. The van der Waals surface area contributed by atoms with Crippen molar-refractivity contribution in [2.75, 3.05) is 32.1 Å². The lowest BCUT2D eigenvalue weighted by molar-refractivity contribution is -0.187. The molecular formula is C20H25NO4S. The van der Waals surface area contributed by atoms with E-state index in [0.717, 1.165) is 36.7 Å². The fourth-order valence-electron chi connectivity index (χ4n) is 3.97. The van der Waals surface area contributed by atoms with E-state index in [1.165, 1.54) is 0 Å². The molecule has 5 nitrogen and oxygen atoms in total. The molecular weight excluding hydrogens is 350 g/mol. The zero-order valence-corrected chi connectivity index (χ0v) is 15.9. The quantitative estimate of drug-likeness (QED) is 0.822. The maximum Gasteiger partial charge on any atom is 0.179 e. The zero-order chi connectivity index (χ0) is 18.2. The van der Waals surface area contributed by atoms with Gasteiger partial charge in [0.15, 0.2) is 15.6 Å². The van der Waals surface area contributed by atoms with Crippen LogP contribution < -0.4 is 0 Å². The Balaban J connectivity index is 1.45. The minimum atomic E-state index is -3.33. The first-order valence-electron chi connectivity index (χ1n) is 9.21. The molecule has 0 aromatic heterocycles. The fraction of sp³-hybridized carbons (Fsp3) is 0.500. The Kier molecular flexibility index (Phi) is 4.77. The Hall–Kier alpha value is -1.47. The lowest BCUT2D eigenvalue weighted by Gasteiger charge is -2.40. The van der Waals surface area contributed by atoms with Crippen molar-refractivity contribution in [2.45, 2.75) is 36.5 Å². The van der Waals surface area contributed by atoms with Gasteiger partial charge in [-0.2, -0.15) is 0 Å². The zero-order valence-electron chi connectivity index (χ0n) is 15.1. The number of hydrogen-bond donors (Lipinski definition) is 0. The van der Waals surface area contributed by atoms with Gasteiger partial charge in [-0.3, -0.25) is 4.90 Å². The highest BCUT2D eigenvalue weighted by molar-refractivity contribution is 7.91. The van der Waals surface area contributed by atoms with Gasteiger partial charge in [-0.25, -0.2) is 8.42 Å². The molecule has 2 aromatic rings. The van der Waals surface area contributed by atoms with Crippen LogP contribution in [0.1, 0.15) is 19.8 Å². The third-order valence-electron chi connectivity index (χ3n) is 5.54. The van der Waals surface area contributed by atoms with Gasteiger partial charge >= 0.3 is 0 Å². The first-order chi connectivity index (χ1) is 12.5. The second-order valence-corrected chi connectivity index (χ2v) is 9.32. The van der Waals surface area contributed by atoms with E-state index < -0.39 is 15.6 Å². The molecule has 4 rings (SSSR count). The number of benzene rings is 2. The number of nitrogens with zero attached hydrogens (tertiary/aromatic N) is 1. The summed E-state index contributed by atoms with van der Waals surface area (Å²) in [5, 5.41) is 2.01. The van der Waals surface area contributed by atoms with E-state index in [1.807, 2.05) is 37.3 Å². The van der Waals surface area contributed by atoms with Crippen molar-refractivity contribution < 1.29 is 17.9 Å². The van der Waals surface area contributed by atoms with Crippen LogP contribution in [0, 0.1) is 0 Å². The fourth-order valence-corrected chi connectivity index (χ4v) is 5.59. The summed E-state index contributed by atoms with van der Waals surface area (Å²) in [4.78, 5) is 2.63. The maximum absolute atomic E-state index is 12.9. The third-order valence-corrected chi connectivity index (χ3v) is 7.43. The number of ether oxygens (including phenoxy) is 2. The largest absolute Gasteiger partial charge is 0.347 e. The van der Waals surface area contributed by atoms with Gasteiger partial charge in [0.2, 0.25) is 0 Å². The van der Waals surface area contributed by atoms with Crippen LogP contribution in [0.2, 0.25) is 0 Å². The SMILES string of the molecule is C[C@@H](CS(=O)(=O)c1ccc2ccccc2c1)N1CCC2(CC1)OCCO2. The average molecular weight is 375 g/mol. The van der Waals surface area contributed by atoms with Gasteiger partial charge in [0.25, 0.3) is 0 Å². The molecule has 0 unspecified atom stereocenters. The highest BCUT2D eigenvalue weighted by Gasteiger charge is 2.41. The molecule has 2 aliphatic rings. The van der Waals surface area contributed by atoms with Crippen LogP contribution >= 0.6 is 0 Å². The summed E-state index contributed by atoms with van der Waals surface area (Å²) in [6.07, 6.45) is 1.60. The minimum absolute atomic E-state index is 0.0368. The molecule has 0 amide bonds. The van der Waals surface area contributed by atoms with Crippen LogP contribution in [0.5, 0.6) is 0 Å². The maximum atomic E-state index is 12.9. The van der Waals surface area contributed by atoms with Crippen molar-refractivity contribution in [3.05, 3.63) is 42.5 Å². The highest BCUT2D eigenvalue weighted by Crippen LogP contribution is 2.32. The van der Waals surface area contributed by atoms with Crippen molar-refractivity contribution in [1.29, 1.82) is 0 Å². The van der Waals surface area contributed by atoms with Gasteiger partial charge in [-0.1, -0.05) is 30.3 Å². The number of fused-ring (bicyclic) bond motifs is 1. The molecule has 0 radical (unpaired) electrons. The first kappa shape index (κ1) is 17.9. The van der Waals surface area contributed by atoms with E-state index in [0.29, 0.717) is 18.1 Å². The van der Waals surface area contributed by atoms with Crippen molar-refractivity contribution in [1.82, 2.24) is 4.90 Å². The highest BCUT2D eigenvalue weighted by atomic mass is 32.2. The summed E-state index contributed by atoms with van der Waals surface area (Å²) in [6, 6.07) is 13.2. The molecule has 2 saturated heterocycles. The molecule has 6 heteroatoms. The number of hydrogen-bond acceptors (Lipinski definition) is 5. The standard InChI is InChI=1S/C20H25NO4S/c1-16(21-10-8-20(9-11-21)24-12-13-25-20)15-26(22,23)19-7-6-17-4-2-3-5-18(17)14-19/h2-7,14,16H,8-13,15H2,1H3/t16-/m0/s1. The van der Waals surface area contributed by atoms with Gasteiger partial charge in [0.05, 0.1) is 23.9 Å². The van der Waals surface area contributed by atoms with Crippen LogP contribution in [-0.2, 0) is 19.3 Å². The summed E-state index contributed by atoms with van der Waals surface area (Å²) >= 11 is 0. The summed E-state index contributed by atoms with van der Waals surface area (Å²) in [6.45, 7) is 4.91. The van der Waals surface area contributed by atoms with Crippen LogP contribution in [0.25, 0.3) is 10.8 Å². The molecule has 2 fully saturated rings. The second kappa shape index (κ2) is 6.93. The summed E-state index contributed by atoms with van der Waals surface area (Å²) in [7, 11) is -3.33. The second-order valence-electron chi connectivity index (χ2n) is 7.28. The van der Waals surface area contributed by atoms with Gasteiger partial charge in [-0.05, 0) is 29.8 Å². The van der Waals surface area contributed by atoms with Crippen molar-refractivity contribution >= 4 is 20.6 Å². The molecule has 1 spiro atoms. The van der Waals surface area contributed by atoms with Crippen LogP contribution in [0.15, 0.2) is 47.4 Å². The molecule has 2 heterocycles. The molecule has 0 bridgehead atoms. The van der Waals surface area contributed by atoms with E-state index in [2.05, 4.69) is 4.90 Å². The van der Waals surface area contributed by atoms with E-state index in [4.69, 9.17) is 9.47 Å². The van der Waals surface area contributed by atoms with Gasteiger partial charge in [0, 0.05) is 32.0 Å². The lowest BCUT2D eigenvalue weighted by Crippen LogP contribution is -2.49. The van der Waals surface area contributed by atoms with E-state index in [-0.39, 0.29) is 11.8 Å². The topological polar surface area (TPSA) is 55.8 Å². The number of rotatable bonds is 4. The molecule has 0 aliphatic carbocycles. The lowest BCUT2D eigenvalue weighted by atomic mass is 10.0. The van der Waals surface area contributed by atoms with Crippen LogP contribution in [-0.4, -0.2) is 57.2 Å². The van der Waals surface area contributed by atoms with Crippen molar-refractivity contribution in [2.24, 2.45) is 0 Å². The van der Waals surface area contributed by atoms with E-state index in [1.54, 1.807) is 12.1 Å². The molecule has 2 aromatic carbocycles. The Morgan fingerprint density at radius 2 is 1.69 bits per heavy atom. The first-order valence-corrected chi connectivity index (χ1v) is 10.9. The van der Waals surface area contributed by atoms with Crippen LogP contribution in [0.3, 0.4) is 0 Å². The third kappa shape index (κ3) is 3.51. The Bertz CT molecular complexity index is 880. The van der Waals surface area contributed by atoms with Gasteiger partial charge in [0.1, 0.15) is 0 Å². The molecule has 26 heavy (non-hydrogen) atoms. The predicted octanol–water partition coefficient (Wildman–Crippen LogP) is 2.84. The number of likely N-dealkylation sites (tertiary alicyclic amines) is 1. The molecule has 140 valence electrons. The van der Waals surface area contributed by atoms with Crippen LogP contribution in [0.4, 0.5) is 0 Å². The summed E-state index contributed by atoms with van der Waals surface area (Å²) in [5.41, 5.74) is 0. The average Bonchev–Trinajstić information content (AvgIpc) is 3.09. The number of piperidine rings is 1. The Morgan fingerprint density at radius 3 is 2.38 bits per heavy atom. The van der Waals surface area contributed by atoms with E-state index in [9.17, 15) is 8.42 Å². The molecule has 1 atom stereocenters. The van der Waals surface area contributed by atoms with Crippen molar-refractivity contribution in [3.8, 4) is 0 Å². The Morgan fingerprint density at radius 1 is 1.04 bits per heavy atom. The minimum Gasteiger partial charge on any atom is -0.347 e. The normalized spacial score (nSPS) is 22.0. The molecule has 0 saturated carbocycles. The summed E-state index contributed by atoms with van der Waals surface area (Å²) < 4.78 is 37.3. The Labute approximate surface area is 154 Å². The molecule has 2 aliphatic heterocycles. The summed E-state index contributed by atoms with van der Waals surface area (Å²) in [5.74, 6) is -0.298. The van der Waals surface area contributed by atoms with Crippen molar-refractivity contribution in [3.63, 3.8) is 0 Å².